The third-order valence-electron chi connectivity index (χ3n) is 4.38. The van der Waals surface area contributed by atoms with Crippen LogP contribution in [-0.2, 0) is 10.2 Å². The molecule has 19 heavy (non-hydrogen) atoms. The number of carboxylic acid groups (broad SMARTS) is 1. The number of hydrogen-bond donors (Lipinski definition) is 2. The van der Waals surface area contributed by atoms with Crippen molar-refractivity contribution in [2.45, 2.75) is 57.8 Å². The van der Waals surface area contributed by atoms with Crippen molar-refractivity contribution in [1.29, 1.82) is 0 Å². The first-order valence-corrected chi connectivity index (χ1v) is 6.96. The molecule has 1 fully saturated rings. The van der Waals surface area contributed by atoms with Crippen LogP contribution in [0.4, 0.5) is 0 Å². The van der Waals surface area contributed by atoms with Gasteiger partial charge in [0.2, 0.25) is 0 Å². The van der Waals surface area contributed by atoms with Gasteiger partial charge in [-0.15, -0.1) is 0 Å². The fourth-order valence-corrected chi connectivity index (χ4v) is 3.26. The van der Waals surface area contributed by atoms with Crippen LogP contribution in [0.1, 0.15) is 62.1 Å². The van der Waals surface area contributed by atoms with E-state index in [1.807, 2.05) is 26.8 Å². The van der Waals surface area contributed by atoms with E-state index >= 15 is 0 Å². The van der Waals surface area contributed by atoms with Gasteiger partial charge in [0.25, 0.3) is 0 Å². The fourth-order valence-electron chi connectivity index (χ4n) is 3.26. The molecule has 0 bridgehead atoms. The van der Waals surface area contributed by atoms with Crippen molar-refractivity contribution in [3.05, 3.63) is 28.8 Å². The number of carboxylic acids is 1. The molecule has 3 nitrogen and oxygen atoms in total. The first kappa shape index (κ1) is 13.9. The minimum absolute atomic E-state index is 0.187. The summed E-state index contributed by atoms with van der Waals surface area (Å²) in [5.41, 5.74) is 1.86. The Morgan fingerprint density at radius 2 is 1.84 bits per heavy atom. The summed E-state index contributed by atoms with van der Waals surface area (Å²) in [5, 5.41) is 19.7. The average molecular weight is 262 g/mol. The Morgan fingerprint density at radius 3 is 2.32 bits per heavy atom. The van der Waals surface area contributed by atoms with Gasteiger partial charge in [-0.25, -0.2) is 0 Å². The molecule has 2 rings (SSSR count). The summed E-state index contributed by atoms with van der Waals surface area (Å²) in [6, 6.07) is 3.63. The SMILES string of the molecule is Cc1cc(O)c(C(C)C)cc1C1(C(=O)O)CCCC1. The molecule has 1 aliphatic rings. The zero-order valence-corrected chi connectivity index (χ0v) is 11.9. The van der Waals surface area contributed by atoms with Gasteiger partial charge in [-0.05, 0) is 48.4 Å². The van der Waals surface area contributed by atoms with E-state index in [2.05, 4.69) is 0 Å². The minimum Gasteiger partial charge on any atom is -0.508 e. The number of aliphatic carboxylic acids is 1. The highest BCUT2D eigenvalue weighted by atomic mass is 16.4. The van der Waals surface area contributed by atoms with Crippen LogP contribution in [0.25, 0.3) is 0 Å². The largest absolute Gasteiger partial charge is 0.508 e. The average Bonchev–Trinajstić information content (AvgIpc) is 2.78. The molecule has 1 aromatic rings. The van der Waals surface area contributed by atoms with E-state index in [9.17, 15) is 15.0 Å². The van der Waals surface area contributed by atoms with Gasteiger partial charge >= 0.3 is 5.97 Å². The van der Waals surface area contributed by atoms with E-state index in [-0.39, 0.29) is 11.7 Å². The smallest absolute Gasteiger partial charge is 0.314 e. The lowest BCUT2D eigenvalue weighted by Crippen LogP contribution is -2.33. The van der Waals surface area contributed by atoms with Crippen molar-refractivity contribution in [1.82, 2.24) is 0 Å². The Labute approximate surface area is 114 Å². The maximum Gasteiger partial charge on any atom is 0.314 e. The van der Waals surface area contributed by atoms with Crippen LogP contribution in [0.3, 0.4) is 0 Å². The summed E-state index contributed by atoms with van der Waals surface area (Å²) in [6.45, 7) is 5.91. The maximum atomic E-state index is 11.8. The molecular weight excluding hydrogens is 240 g/mol. The van der Waals surface area contributed by atoms with Crippen LogP contribution < -0.4 is 0 Å². The first-order chi connectivity index (χ1) is 8.88. The van der Waals surface area contributed by atoms with E-state index < -0.39 is 11.4 Å². The number of hydrogen-bond acceptors (Lipinski definition) is 2. The van der Waals surface area contributed by atoms with Gasteiger partial charge < -0.3 is 10.2 Å². The molecule has 0 saturated heterocycles. The maximum absolute atomic E-state index is 11.8. The second-order valence-electron chi connectivity index (χ2n) is 5.98. The number of aromatic hydroxyl groups is 1. The third kappa shape index (κ3) is 2.22. The first-order valence-electron chi connectivity index (χ1n) is 6.96. The van der Waals surface area contributed by atoms with E-state index in [0.717, 1.165) is 29.5 Å². The van der Waals surface area contributed by atoms with Crippen LogP contribution in [0.2, 0.25) is 0 Å². The van der Waals surface area contributed by atoms with Crippen molar-refractivity contribution in [2.24, 2.45) is 0 Å². The molecule has 0 spiro atoms. The molecule has 0 aromatic heterocycles. The molecule has 0 amide bonds. The predicted molar refractivity (Wildman–Crippen MR) is 74.7 cm³/mol. The Hall–Kier alpha value is -1.51. The van der Waals surface area contributed by atoms with Crippen molar-refractivity contribution in [2.75, 3.05) is 0 Å². The van der Waals surface area contributed by atoms with Gasteiger partial charge in [0.15, 0.2) is 0 Å². The summed E-state index contributed by atoms with van der Waals surface area (Å²) in [5.74, 6) is -0.269. The molecule has 1 saturated carbocycles. The van der Waals surface area contributed by atoms with Gasteiger partial charge in [-0.1, -0.05) is 32.8 Å². The predicted octanol–water partition coefficient (Wildman–Crippen LogP) is 3.72. The number of carbonyl (C=O) groups is 1. The fraction of sp³-hybridized carbons (Fsp3) is 0.562. The molecule has 3 heteroatoms. The molecular formula is C16H22O3. The number of phenolic OH excluding ortho intramolecular Hbond substituents is 1. The minimum atomic E-state index is -0.749. The summed E-state index contributed by atoms with van der Waals surface area (Å²) in [4.78, 5) is 11.8. The molecule has 1 aromatic carbocycles. The second kappa shape index (κ2) is 4.87. The summed E-state index contributed by atoms with van der Waals surface area (Å²) in [6.07, 6.45) is 3.32. The lowest BCUT2D eigenvalue weighted by Gasteiger charge is -2.27. The Kier molecular flexibility index (Phi) is 3.57. The van der Waals surface area contributed by atoms with Crippen LogP contribution in [0.15, 0.2) is 12.1 Å². The van der Waals surface area contributed by atoms with Gasteiger partial charge in [0.05, 0.1) is 5.41 Å². The lowest BCUT2D eigenvalue weighted by molar-refractivity contribution is -0.143. The zero-order valence-electron chi connectivity index (χ0n) is 11.9. The number of benzene rings is 1. The Bertz CT molecular complexity index is 497. The Balaban J connectivity index is 2.60. The molecule has 1 aliphatic carbocycles. The van der Waals surface area contributed by atoms with Crippen LogP contribution in [0.5, 0.6) is 5.75 Å². The quantitative estimate of drug-likeness (QED) is 0.872. The van der Waals surface area contributed by atoms with Crippen LogP contribution >= 0.6 is 0 Å². The van der Waals surface area contributed by atoms with Gasteiger partial charge in [-0.2, -0.15) is 0 Å². The number of phenols is 1. The van der Waals surface area contributed by atoms with Gasteiger partial charge in [0, 0.05) is 0 Å². The summed E-state index contributed by atoms with van der Waals surface area (Å²) in [7, 11) is 0. The van der Waals surface area contributed by atoms with E-state index in [1.165, 1.54) is 0 Å². The van der Waals surface area contributed by atoms with Gasteiger partial charge in [0.1, 0.15) is 5.75 Å². The number of aryl methyl sites for hydroxylation is 1. The highest BCUT2D eigenvalue weighted by molar-refractivity contribution is 5.82. The van der Waals surface area contributed by atoms with Gasteiger partial charge in [-0.3, -0.25) is 4.79 Å². The molecule has 0 radical (unpaired) electrons. The van der Waals surface area contributed by atoms with Crippen molar-refractivity contribution >= 4 is 5.97 Å². The second-order valence-corrected chi connectivity index (χ2v) is 5.98. The van der Waals surface area contributed by atoms with Crippen molar-refractivity contribution < 1.29 is 15.0 Å². The van der Waals surface area contributed by atoms with Crippen molar-refractivity contribution in [3.63, 3.8) is 0 Å². The molecule has 104 valence electrons. The standard InChI is InChI=1S/C16H22O3/c1-10(2)12-9-13(11(3)8-14(12)17)16(15(18)19)6-4-5-7-16/h8-10,17H,4-7H2,1-3H3,(H,18,19). The van der Waals surface area contributed by atoms with E-state index in [1.54, 1.807) is 6.07 Å². The van der Waals surface area contributed by atoms with Crippen LogP contribution in [0, 0.1) is 6.92 Å². The number of rotatable bonds is 3. The van der Waals surface area contributed by atoms with Crippen LogP contribution in [-0.4, -0.2) is 16.2 Å². The topological polar surface area (TPSA) is 57.5 Å². The van der Waals surface area contributed by atoms with E-state index in [0.29, 0.717) is 12.8 Å². The third-order valence-corrected chi connectivity index (χ3v) is 4.38. The van der Waals surface area contributed by atoms with Crippen molar-refractivity contribution in [3.8, 4) is 5.75 Å². The highest BCUT2D eigenvalue weighted by Gasteiger charge is 2.44. The molecule has 0 heterocycles. The highest BCUT2D eigenvalue weighted by Crippen LogP contribution is 2.44. The summed E-state index contributed by atoms with van der Waals surface area (Å²) < 4.78 is 0. The van der Waals surface area contributed by atoms with E-state index in [4.69, 9.17) is 0 Å². The molecule has 2 N–H and O–H groups in total. The summed E-state index contributed by atoms with van der Waals surface area (Å²) >= 11 is 0. The normalized spacial score (nSPS) is 17.9. The zero-order chi connectivity index (χ0) is 14.2. The Morgan fingerprint density at radius 1 is 1.26 bits per heavy atom. The monoisotopic (exact) mass is 262 g/mol. The molecule has 0 atom stereocenters. The lowest BCUT2D eigenvalue weighted by atomic mass is 9.75. The molecule has 0 aliphatic heterocycles. The molecule has 0 unspecified atom stereocenters.